The molecule has 0 unspecified atom stereocenters. The Balaban J connectivity index is -0.00000173. The molecule has 0 aliphatic carbocycles. The van der Waals surface area contributed by atoms with E-state index in [0.717, 1.165) is 29.8 Å². The third-order valence-corrected chi connectivity index (χ3v) is 7.08. The molecule has 1 aromatic rings. The van der Waals surface area contributed by atoms with Crippen molar-refractivity contribution >= 4 is 33.6 Å². The molecular weight excluding hydrogens is 590 g/mol. The Morgan fingerprint density at radius 1 is 0.837 bits per heavy atom. The smallest absolute Gasteiger partial charge is 0.407 e. The fourth-order valence-electron chi connectivity index (χ4n) is 2.97. The van der Waals surface area contributed by atoms with Crippen LogP contribution in [0.25, 0.3) is 0 Å². The normalized spacial score (nSPS) is 10.4. The van der Waals surface area contributed by atoms with Crippen LogP contribution in [0.2, 0.25) is 0 Å². The number of likely N-dealkylation sites (N-methyl/N-ethyl adjacent to an activating group) is 1. The molecule has 0 aromatic heterocycles. The molecule has 1 rings (SSSR count). The standard InChI is InChI=1S/C29H47N3O7S2.C2H6.3H2/c1-25(2)7-6-12-32-29(34)39-16-5-4-15-38-24-40-41-27-10-8-26(9-11-27)23-28(33)31-14-18-36-20-22-37-21-19-35-17-13-30-3;1-2;;;/h8-11,25,30H,4-5,12-24H2,1-3H3,(H,31,33)(H,32,34);1-2H3;3*1H. The van der Waals surface area contributed by atoms with Crippen molar-refractivity contribution in [1.82, 2.24) is 16.0 Å². The number of amides is 2. The van der Waals surface area contributed by atoms with Crippen molar-refractivity contribution in [1.29, 1.82) is 0 Å². The minimum atomic E-state index is -0.441. The summed E-state index contributed by atoms with van der Waals surface area (Å²) in [5.41, 5.74) is 0.957. The van der Waals surface area contributed by atoms with E-state index in [-0.39, 0.29) is 16.1 Å². The fourth-order valence-corrected chi connectivity index (χ4v) is 4.68. The molecule has 252 valence electrons. The molecule has 0 spiro atoms. The van der Waals surface area contributed by atoms with Gasteiger partial charge in [-0.05, 0) is 37.6 Å². The molecule has 1 aromatic carbocycles. The zero-order chi connectivity index (χ0) is 31.8. The molecule has 43 heavy (non-hydrogen) atoms. The molecule has 0 aliphatic rings. The molecule has 0 fully saturated rings. The lowest BCUT2D eigenvalue weighted by atomic mass is 10.1. The summed E-state index contributed by atoms with van der Waals surface area (Å²) < 4.78 is 27.0. The second-order valence-corrected chi connectivity index (χ2v) is 11.3. The predicted octanol–water partition coefficient (Wildman–Crippen LogP) is 5.26. The van der Waals surface area contributed by atoms with Gasteiger partial charge in [0.1, 0.15) is 5.94 Å². The number of nitrogens with one attached hydrogen (secondary N) is 3. The van der Waals surface area contributed by atoms with E-state index in [4.69, 9.17) is 23.7 Å². The van der Waals surface area contributed by atoms with Gasteiger partial charge in [-0.3, -0.25) is 4.79 Å². The number of unbranched alkanes of at least 4 members (excludes halogenated alkanes) is 1. The number of hydrogen-bond donors (Lipinski definition) is 3. The maximum absolute atomic E-state index is 12.2. The maximum atomic E-state index is 12.2. The van der Waals surface area contributed by atoms with Crippen LogP contribution in [0.4, 0.5) is 4.79 Å². The van der Waals surface area contributed by atoms with Gasteiger partial charge in [0.25, 0.3) is 0 Å². The number of alkyl carbamates (subject to hydrolysis) is 1. The molecule has 0 heterocycles. The molecule has 3 N–H and O–H groups in total. The van der Waals surface area contributed by atoms with Crippen LogP contribution in [-0.4, -0.2) is 97.5 Å². The monoisotopic (exact) mass is 649 g/mol. The van der Waals surface area contributed by atoms with Gasteiger partial charge >= 0.3 is 6.09 Å². The van der Waals surface area contributed by atoms with Gasteiger partial charge in [0.2, 0.25) is 5.91 Å². The van der Waals surface area contributed by atoms with Crippen LogP contribution in [-0.2, 0) is 34.9 Å². The highest BCUT2D eigenvalue weighted by Gasteiger charge is 2.04. The molecule has 0 aliphatic heterocycles. The molecule has 0 atom stereocenters. The second-order valence-electron chi connectivity index (χ2n) is 9.01. The topological polar surface area (TPSA) is 116 Å². The number of carbonyl (C=O) groups is 2. The summed E-state index contributed by atoms with van der Waals surface area (Å²) in [6.07, 6.45) is 1.45. The maximum Gasteiger partial charge on any atom is 0.407 e. The average molecular weight is 650 g/mol. The lowest BCUT2D eigenvalue weighted by Crippen LogP contribution is -2.29. The minimum absolute atomic E-state index is 0. The Morgan fingerprint density at radius 2 is 1.47 bits per heavy atom. The van der Waals surface area contributed by atoms with Gasteiger partial charge in [-0.1, -0.05) is 73.3 Å². The van der Waals surface area contributed by atoms with Crippen molar-refractivity contribution in [3.05, 3.63) is 29.8 Å². The Bertz CT molecular complexity index is 881. The fraction of sp³-hybridized carbons (Fsp3) is 0.677. The van der Waals surface area contributed by atoms with E-state index in [2.05, 4.69) is 27.8 Å². The quantitative estimate of drug-likeness (QED) is 0.0593. The van der Waals surface area contributed by atoms with Crippen LogP contribution in [0.1, 0.15) is 50.4 Å². The van der Waals surface area contributed by atoms with E-state index in [1.165, 1.54) is 0 Å². The molecule has 0 saturated carbocycles. The van der Waals surface area contributed by atoms with Gasteiger partial charge in [-0.2, -0.15) is 0 Å². The van der Waals surface area contributed by atoms with Crippen molar-refractivity contribution in [3.8, 4) is 11.8 Å². The Labute approximate surface area is 271 Å². The Hall–Kier alpha value is -1.98. The summed E-state index contributed by atoms with van der Waals surface area (Å²) >= 11 is 0. The van der Waals surface area contributed by atoms with Crippen LogP contribution >= 0.6 is 21.6 Å². The van der Waals surface area contributed by atoms with E-state index >= 15 is 0 Å². The van der Waals surface area contributed by atoms with Crippen LogP contribution < -0.4 is 16.0 Å². The van der Waals surface area contributed by atoms with Crippen molar-refractivity contribution in [3.63, 3.8) is 0 Å². The first-order chi connectivity index (χ1) is 21.0. The molecule has 0 radical (unpaired) electrons. The summed E-state index contributed by atoms with van der Waals surface area (Å²) in [5.74, 6) is 6.66. The average Bonchev–Trinajstić information content (AvgIpc) is 3.00. The first kappa shape index (κ1) is 41.0. The molecule has 2 amide bonds. The highest BCUT2D eigenvalue weighted by Crippen LogP contribution is 2.31. The SMILES string of the molecule is CC.CNCCOCCOCCOCCNC(=O)Cc1ccc(SSCOCCCCOC(=O)NCC#CC(C)C)cc1.[HH].[HH].[HH]. The van der Waals surface area contributed by atoms with Crippen molar-refractivity contribution < 1.29 is 37.6 Å². The molecular formula is C31H59N3O7S2. The number of carbonyl (C=O) groups excluding carboxylic acids is 2. The summed E-state index contributed by atoms with van der Waals surface area (Å²) in [5, 5.41) is 8.49. The van der Waals surface area contributed by atoms with Gasteiger partial charge in [-0.25, -0.2) is 4.79 Å². The van der Waals surface area contributed by atoms with Crippen LogP contribution in [0.5, 0.6) is 0 Å². The zero-order valence-corrected chi connectivity index (χ0v) is 28.3. The molecule has 10 nitrogen and oxygen atoms in total. The molecule has 0 bridgehead atoms. The van der Waals surface area contributed by atoms with Crippen LogP contribution in [0.15, 0.2) is 29.2 Å². The van der Waals surface area contributed by atoms with Crippen LogP contribution in [0.3, 0.4) is 0 Å². The number of ether oxygens (including phenoxy) is 5. The minimum Gasteiger partial charge on any atom is -0.450 e. The van der Waals surface area contributed by atoms with Gasteiger partial charge in [-0.15, -0.1) is 0 Å². The Morgan fingerprint density at radius 3 is 2.12 bits per heavy atom. The van der Waals surface area contributed by atoms with E-state index in [1.54, 1.807) is 21.6 Å². The predicted molar refractivity (Wildman–Crippen MR) is 183 cm³/mol. The first-order valence-electron chi connectivity index (χ1n) is 15.0. The third kappa shape index (κ3) is 28.5. The summed E-state index contributed by atoms with van der Waals surface area (Å²) in [4.78, 5) is 24.8. The number of benzene rings is 1. The highest BCUT2D eigenvalue weighted by atomic mass is 33.1. The lowest BCUT2D eigenvalue weighted by Gasteiger charge is -2.08. The van der Waals surface area contributed by atoms with Crippen molar-refractivity contribution in [2.75, 3.05) is 85.5 Å². The summed E-state index contributed by atoms with van der Waals surface area (Å²) in [7, 11) is 5.12. The van der Waals surface area contributed by atoms with E-state index in [1.807, 2.05) is 59.0 Å². The third-order valence-electron chi connectivity index (χ3n) is 5.01. The number of hydrogen-bond acceptors (Lipinski definition) is 10. The van der Waals surface area contributed by atoms with Crippen LogP contribution in [0, 0.1) is 17.8 Å². The lowest BCUT2D eigenvalue weighted by molar-refractivity contribution is -0.120. The largest absolute Gasteiger partial charge is 0.450 e. The van der Waals surface area contributed by atoms with E-state index in [0.29, 0.717) is 78.3 Å². The van der Waals surface area contributed by atoms with Gasteiger partial charge in [0.15, 0.2) is 0 Å². The molecule has 12 heteroatoms. The number of rotatable bonds is 24. The van der Waals surface area contributed by atoms with Crippen molar-refractivity contribution in [2.24, 2.45) is 5.92 Å². The van der Waals surface area contributed by atoms with Gasteiger partial charge < -0.3 is 39.6 Å². The van der Waals surface area contributed by atoms with Gasteiger partial charge in [0, 0.05) is 34.8 Å². The van der Waals surface area contributed by atoms with E-state index in [9.17, 15) is 9.59 Å². The zero-order valence-electron chi connectivity index (χ0n) is 26.7. The summed E-state index contributed by atoms with van der Waals surface area (Å²) in [6.45, 7) is 13.8. The van der Waals surface area contributed by atoms with Crippen molar-refractivity contribution in [2.45, 2.75) is 51.9 Å². The van der Waals surface area contributed by atoms with Gasteiger partial charge in [0.05, 0.1) is 59.2 Å². The summed E-state index contributed by atoms with van der Waals surface area (Å²) in [6, 6.07) is 7.94. The highest BCUT2D eigenvalue weighted by molar-refractivity contribution is 8.76. The van der Waals surface area contributed by atoms with E-state index < -0.39 is 6.09 Å². The Kier molecular flexibility index (Phi) is 30.0. The second kappa shape index (κ2) is 31.4. The first-order valence-corrected chi connectivity index (χ1v) is 17.3. The molecule has 0 saturated heterocycles.